The lowest BCUT2D eigenvalue weighted by molar-refractivity contribution is 0.454. The molecule has 0 bridgehead atoms. The van der Waals surface area contributed by atoms with Crippen molar-refractivity contribution in [3.8, 4) is 28.5 Å². The van der Waals surface area contributed by atoms with Gasteiger partial charge in [0.15, 0.2) is 5.82 Å². The van der Waals surface area contributed by atoms with E-state index in [4.69, 9.17) is 0 Å². The Morgan fingerprint density at radius 3 is 2.60 bits per heavy atom. The summed E-state index contributed by atoms with van der Waals surface area (Å²) in [5, 5.41) is 11.8. The summed E-state index contributed by atoms with van der Waals surface area (Å²) >= 11 is 4.71. The predicted molar refractivity (Wildman–Crippen MR) is 80.8 cm³/mol. The fraction of sp³-hybridized carbons (Fsp3) is 0. The number of nitrogens with zero attached hydrogens (tertiary/aromatic N) is 2. The minimum Gasteiger partial charge on any atom is -0.493 e. The van der Waals surface area contributed by atoms with Crippen LogP contribution in [0.2, 0.25) is 0 Å². The monoisotopic (exact) mass is 349 g/mol. The smallest absolute Gasteiger partial charge is 0.262 e. The lowest BCUT2D eigenvalue weighted by Crippen LogP contribution is -2.12. The van der Waals surface area contributed by atoms with Gasteiger partial charge in [-0.15, -0.1) is 11.3 Å². The maximum Gasteiger partial charge on any atom is 0.262 e. The quantitative estimate of drug-likeness (QED) is 0.745. The second-order valence-corrected chi connectivity index (χ2v) is 5.63. The van der Waals surface area contributed by atoms with Gasteiger partial charge in [-0.25, -0.2) is 4.98 Å². The number of rotatable bonds is 2. The highest BCUT2D eigenvalue weighted by Crippen LogP contribution is 2.26. The molecular weight excluding hydrogens is 342 g/mol. The average molecular weight is 350 g/mol. The first kappa shape index (κ1) is 13.0. The number of hydrogen-bond acceptors (Lipinski definition) is 5. The Bertz CT molecular complexity index is 797. The molecule has 0 saturated carbocycles. The Labute approximate surface area is 126 Å². The van der Waals surface area contributed by atoms with E-state index in [9.17, 15) is 9.90 Å². The van der Waals surface area contributed by atoms with Crippen molar-refractivity contribution < 1.29 is 5.11 Å². The molecule has 2 heterocycles. The summed E-state index contributed by atoms with van der Waals surface area (Å²) in [7, 11) is 0. The highest BCUT2D eigenvalue weighted by atomic mass is 79.9. The van der Waals surface area contributed by atoms with Gasteiger partial charge < -0.3 is 10.1 Å². The van der Waals surface area contributed by atoms with E-state index in [2.05, 4.69) is 30.9 Å². The van der Waals surface area contributed by atoms with Gasteiger partial charge in [-0.3, -0.25) is 4.79 Å². The van der Waals surface area contributed by atoms with E-state index in [1.807, 2.05) is 0 Å². The molecule has 20 heavy (non-hydrogen) atoms. The zero-order valence-corrected chi connectivity index (χ0v) is 12.4. The van der Waals surface area contributed by atoms with Crippen LogP contribution in [0, 0.1) is 0 Å². The second-order valence-electron chi connectivity index (χ2n) is 3.99. The topological polar surface area (TPSA) is 78.9 Å². The van der Waals surface area contributed by atoms with Crippen molar-refractivity contribution in [1.82, 2.24) is 15.0 Å². The summed E-state index contributed by atoms with van der Waals surface area (Å²) in [6.07, 6.45) is 0. The van der Waals surface area contributed by atoms with Crippen molar-refractivity contribution in [3.05, 3.63) is 50.0 Å². The Morgan fingerprint density at radius 2 is 2.00 bits per heavy atom. The molecule has 0 radical (unpaired) electrons. The van der Waals surface area contributed by atoms with Crippen LogP contribution in [0.3, 0.4) is 0 Å². The highest BCUT2D eigenvalue weighted by Gasteiger charge is 2.14. The van der Waals surface area contributed by atoms with Crippen molar-refractivity contribution in [2.75, 3.05) is 0 Å². The Balaban J connectivity index is 2.14. The van der Waals surface area contributed by atoms with E-state index in [-0.39, 0.29) is 17.3 Å². The number of halogens is 1. The Hall–Kier alpha value is -1.99. The molecule has 0 aliphatic heterocycles. The van der Waals surface area contributed by atoms with Gasteiger partial charge in [-0.05, 0) is 17.7 Å². The van der Waals surface area contributed by atoms with Crippen LogP contribution in [-0.2, 0) is 0 Å². The first-order chi connectivity index (χ1) is 9.65. The molecule has 2 N–H and O–H groups in total. The lowest BCUT2D eigenvalue weighted by atomic mass is 10.1. The summed E-state index contributed by atoms with van der Waals surface area (Å²) < 4.78 is 0.893. The van der Waals surface area contributed by atoms with Crippen molar-refractivity contribution in [2.45, 2.75) is 0 Å². The van der Waals surface area contributed by atoms with E-state index < -0.39 is 5.56 Å². The molecule has 0 fully saturated rings. The van der Waals surface area contributed by atoms with Crippen LogP contribution < -0.4 is 5.56 Å². The number of hydrogen-bond donors (Lipinski definition) is 2. The summed E-state index contributed by atoms with van der Waals surface area (Å²) in [5.74, 6) is -0.0475. The van der Waals surface area contributed by atoms with E-state index in [1.54, 1.807) is 35.2 Å². The lowest BCUT2D eigenvalue weighted by Gasteiger charge is -2.05. The van der Waals surface area contributed by atoms with Crippen LogP contribution in [0.25, 0.3) is 22.6 Å². The fourth-order valence-corrected chi connectivity index (χ4v) is 2.59. The van der Waals surface area contributed by atoms with E-state index >= 15 is 0 Å². The van der Waals surface area contributed by atoms with E-state index in [0.29, 0.717) is 11.3 Å². The van der Waals surface area contributed by atoms with Gasteiger partial charge in [-0.2, -0.15) is 4.98 Å². The van der Waals surface area contributed by atoms with Gasteiger partial charge in [0.05, 0.1) is 5.51 Å². The minimum absolute atomic E-state index is 0.150. The maximum absolute atomic E-state index is 12.1. The SMILES string of the molecule is O=c1[nH]c(-c2cscn2)nc(O)c1-c1ccc(Br)cc1. The highest BCUT2D eigenvalue weighted by molar-refractivity contribution is 9.10. The maximum atomic E-state index is 12.1. The third-order valence-electron chi connectivity index (χ3n) is 2.71. The first-order valence-corrected chi connectivity index (χ1v) is 7.36. The minimum atomic E-state index is -0.400. The van der Waals surface area contributed by atoms with E-state index in [0.717, 1.165) is 4.47 Å². The number of aromatic amines is 1. The van der Waals surface area contributed by atoms with Crippen molar-refractivity contribution >= 4 is 27.3 Å². The van der Waals surface area contributed by atoms with Crippen molar-refractivity contribution in [2.24, 2.45) is 0 Å². The number of benzene rings is 1. The van der Waals surface area contributed by atoms with Gasteiger partial charge >= 0.3 is 0 Å². The summed E-state index contributed by atoms with van der Waals surface area (Å²) in [5.41, 5.74) is 2.52. The number of aromatic hydroxyl groups is 1. The van der Waals surface area contributed by atoms with Crippen molar-refractivity contribution in [1.29, 1.82) is 0 Å². The Kier molecular flexibility index (Phi) is 3.37. The molecule has 0 aliphatic carbocycles. The molecule has 0 atom stereocenters. The van der Waals surface area contributed by atoms with Crippen LogP contribution in [0.15, 0.2) is 44.4 Å². The number of aromatic nitrogens is 3. The zero-order valence-electron chi connectivity index (χ0n) is 10.0. The molecule has 5 nitrogen and oxygen atoms in total. The number of thiazole rings is 1. The fourth-order valence-electron chi connectivity index (χ4n) is 1.79. The van der Waals surface area contributed by atoms with Crippen molar-refractivity contribution in [3.63, 3.8) is 0 Å². The van der Waals surface area contributed by atoms with Gasteiger partial charge in [0.25, 0.3) is 5.56 Å². The van der Waals surface area contributed by atoms with Gasteiger partial charge in [0, 0.05) is 9.85 Å². The molecule has 1 aromatic carbocycles. The van der Waals surface area contributed by atoms with Gasteiger partial charge in [0.1, 0.15) is 11.3 Å². The molecular formula is C13H8BrN3O2S. The molecule has 3 rings (SSSR count). The van der Waals surface area contributed by atoms with Crippen LogP contribution >= 0.6 is 27.3 Å². The normalized spacial score (nSPS) is 10.7. The van der Waals surface area contributed by atoms with Gasteiger partial charge in [-0.1, -0.05) is 28.1 Å². The average Bonchev–Trinajstić information content (AvgIpc) is 2.94. The second kappa shape index (κ2) is 5.18. The Morgan fingerprint density at radius 1 is 1.25 bits per heavy atom. The van der Waals surface area contributed by atoms with E-state index in [1.165, 1.54) is 11.3 Å². The summed E-state index contributed by atoms with van der Waals surface area (Å²) in [6, 6.07) is 7.06. The molecule has 7 heteroatoms. The molecule has 0 aliphatic rings. The van der Waals surface area contributed by atoms with Crippen LogP contribution in [-0.4, -0.2) is 20.1 Å². The largest absolute Gasteiger partial charge is 0.493 e. The molecule has 0 unspecified atom stereocenters. The molecule has 0 saturated heterocycles. The molecule has 3 aromatic rings. The standard InChI is InChI=1S/C13H8BrN3O2S/c14-8-3-1-7(2-4-8)10-12(18)16-11(17-13(10)19)9-5-20-6-15-9/h1-6H,(H2,16,17,18,19). The molecule has 0 spiro atoms. The van der Waals surface area contributed by atoms with Gasteiger partial charge in [0.2, 0.25) is 5.88 Å². The molecule has 100 valence electrons. The third-order valence-corrected chi connectivity index (χ3v) is 3.82. The predicted octanol–water partition coefficient (Wildman–Crippen LogP) is 3.03. The summed E-state index contributed by atoms with van der Waals surface area (Å²) in [6.45, 7) is 0. The molecule has 0 amide bonds. The third kappa shape index (κ3) is 2.37. The van der Waals surface area contributed by atoms with Crippen LogP contribution in [0.5, 0.6) is 5.88 Å². The number of H-pyrrole nitrogens is 1. The number of nitrogens with one attached hydrogen (secondary N) is 1. The van der Waals surface area contributed by atoms with Crippen LogP contribution in [0.1, 0.15) is 0 Å². The first-order valence-electron chi connectivity index (χ1n) is 5.63. The zero-order chi connectivity index (χ0) is 14.1. The summed E-state index contributed by atoms with van der Waals surface area (Å²) in [4.78, 5) is 22.8. The van der Waals surface area contributed by atoms with Crippen LogP contribution in [0.4, 0.5) is 0 Å². The molecule has 2 aromatic heterocycles.